The molecule has 10 heteroatoms. The zero-order valence-electron chi connectivity index (χ0n) is 18.3. The first kappa shape index (κ1) is 22.4. The van der Waals surface area contributed by atoms with Crippen molar-refractivity contribution in [3.8, 4) is 0 Å². The third-order valence-electron chi connectivity index (χ3n) is 5.23. The van der Waals surface area contributed by atoms with Gasteiger partial charge in [-0.3, -0.25) is 0 Å². The van der Waals surface area contributed by atoms with Crippen LogP contribution in [0.15, 0.2) is 41.7 Å². The third-order valence-corrected chi connectivity index (χ3v) is 5.23. The molecule has 0 spiro atoms. The van der Waals surface area contributed by atoms with Crippen LogP contribution in [0.2, 0.25) is 0 Å². The molecule has 2 aliphatic heterocycles. The van der Waals surface area contributed by atoms with Crippen molar-refractivity contribution in [1.29, 1.82) is 0 Å². The van der Waals surface area contributed by atoms with Gasteiger partial charge < -0.3 is 33.9 Å². The Labute approximate surface area is 186 Å². The van der Waals surface area contributed by atoms with E-state index in [0.717, 1.165) is 5.56 Å². The molecule has 3 heterocycles. The molecular formula is C22H28N4O6. The zero-order valence-corrected chi connectivity index (χ0v) is 18.3. The summed E-state index contributed by atoms with van der Waals surface area (Å²) in [5.74, 6) is -0.853. The number of fused-ring (bicyclic) bond motifs is 1. The second-order valence-electron chi connectivity index (χ2n) is 8.01. The van der Waals surface area contributed by atoms with Crippen LogP contribution in [0.25, 0.3) is 0 Å². The fourth-order valence-corrected chi connectivity index (χ4v) is 3.88. The molecule has 2 aromatic rings. The Bertz CT molecular complexity index is 961. The molecule has 32 heavy (non-hydrogen) atoms. The lowest BCUT2D eigenvalue weighted by atomic mass is 10.1. The van der Waals surface area contributed by atoms with Crippen LogP contribution in [0.1, 0.15) is 36.8 Å². The number of aliphatic hydroxyl groups is 1. The van der Waals surface area contributed by atoms with Crippen molar-refractivity contribution < 1.29 is 28.8 Å². The largest absolute Gasteiger partial charge is 0.461 e. The average molecular weight is 444 g/mol. The van der Waals surface area contributed by atoms with Gasteiger partial charge in [0, 0.05) is 0 Å². The van der Waals surface area contributed by atoms with Gasteiger partial charge in [0.15, 0.2) is 17.7 Å². The first-order valence-corrected chi connectivity index (χ1v) is 10.6. The molecule has 2 fully saturated rings. The Morgan fingerprint density at radius 3 is 2.78 bits per heavy atom. The summed E-state index contributed by atoms with van der Waals surface area (Å²) in [7, 11) is 0. The Morgan fingerprint density at radius 2 is 2.06 bits per heavy atom. The van der Waals surface area contributed by atoms with Crippen LogP contribution in [0, 0.1) is 0 Å². The van der Waals surface area contributed by atoms with Gasteiger partial charge in [-0.25, -0.2) is 14.8 Å². The average Bonchev–Trinajstić information content (AvgIpc) is 3.40. The molecular weight excluding hydrogens is 416 g/mol. The molecule has 4 rings (SSSR count). The second-order valence-corrected chi connectivity index (χ2v) is 8.01. The topological polar surface area (TPSA) is 116 Å². The summed E-state index contributed by atoms with van der Waals surface area (Å²) in [6.07, 6.45) is 0.980. The highest BCUT2D eigenvalue weighted by molar-refractivity contribution is 5.95. The molecule has 172 valence electrons. The number of esters is 1. The van der Waals surface area contributed by atoms with Crippen molar-refractivity contribution in [1.82, 2.24) is 9.55 Å². The van der Waals surface area contributed by atoms with E-state index in [-0.39, 0.29) is 18.9 Å². The number of nitrogens with zero attached hydrogens (tertiary/aromatic N) is 3. The quantitative estimate of drug-likeness (QED) is 0.360. The summed E-state index contributed by atoms with van der Waals surface area (Å²) in [6, 6.07) is 9.82. The van der Waals surface area contributed by atoms with Gasteiger partial charge in [0.2, 0.25) is 0 Å². The molecule has 0 aliphatic carbocycles. The van der Waals surface area contributed by atoms with Gasteiger partial charge in [-0.05, 0) is 26.3 Å². The summed E-state index contributed by atoms with van der Waals surface area (Å²) in [6.45, 7) is 5.92. The van der Waals surface area contributed by atoms with Gasteiger partial charge in [-0.1, -0.05) is 30.3 Å². The van der Waals surface area contributed by atoms with Gasteiger partial charge in [-0.2, -0.15) is 0 Å². The van der Waals surface area contributed by atoms with Crippen LogP contribution in [0.4, 0.5) is 5.82 Å². The van der Waals surface area contributed by atoms with E-state index in [1.807, 2.05) is 44.2 Å². The number of anilines is 1. The number of nitrogens with one attached hydrogen (secondary N) is 1. The summed E-state index contributed by atoms with van der Waals surface area (Å²) in [4.78, 5) is 21.0. The van der Waals surface area contributed by atoms with Crippen molar-refractivity contribution in [2.75, 3.05) is 18.5 Å². The maximum Gasteiger partial charge on any atom is 0.360 e. The Morgan fingerprint density at radius 1 is 1.31 bits per heavy atom. The number of carbonyl (C=O) groups excluding carboxylic acids is 1. The summed E-state index contributed by atoms with van der Waals surface area (Å²) < 4.78 is 24.5. The van der Waals surface area contributed by atoms with Gasteiger partial charge in [0.1, 0.15) is 24.1 Å². The number of hydrogen-bond donors (Lipinski definition) is 2. The van der Waals surface area contributed by atoms with E-state index in [1.165, 1.54) is 6.34 Å². The molecule has 2 aliphatic rings. The minimum absolute atomic E-state index is 0.161. The fourth-order valence-electron chi connectivity index (χ4n) is 3.88. The van der Waals surface area contributed by atoms with E-state index >= 15 is 0 Å². The molecule has 4 atom stereocenters. The van der Waals surface area contributed by atoms with E-state index in [4.69, 9.17) is 18.9 Å². The van der Waals surface area contributed by atoms with Gasteiger partial charge >= 0.3 is 5.97 Å². The zero-order chi connectivity index (χ0) is 22.7. The van der Waals surface area contributed by atoms with E-state index in [9.17, 15) is 9.90 Å². The highest BCUT2D eigenvalue weighted by atomic mass is 16.8. The third kappa shape index (κ3) is 4.68. The number of aliphatic imine (C=N–C) groups is 1. The normalized spacial score (nSPS) is 26.4. The molecule has 0 radical (unpaired) electrons. The lowest BCUT2D eigenvalue weighted by molar-refractivity contribution is -0.189. The molecule has 0 saturated carbocycles. The maximum atomic E-state index is 12.4. The highest BCUT2D eigenvalue weighted by Crippen LogP contribution is 2.38. The summed E-state index contributed by atoms with van der Waals surface area (Å²) >= 11 is 0. The number of hydrogen-bond acceptors (Lipinski definition) is 8. The van der Waals surface area contributed by atoms with Crippen LogP contribution in [0.3, 0.4) is 0 Å². The van der Waals surface area contributed by atoms with Crippen molar-refractivity contribution in [3.05, 3.63) is 47.9 Å². The van der Waals surface area contributed by atoms with Crippen LogP contribution in [0.5, 0.6) is 0 Å². The first-order chi connectivity index (χ1) is 15.4. The van der Waals surface area contributed by atoms with Crippen LogP contribution in [-0.4, -0.2) is 70.5 Å². The van der Waals surface area contributed by atoms with Crippen LogP contribution in [-0.2, 0) is 25.5 Å². The Balaban J connectivity index is 1.53. The van der Waals surface area contributed by atoms with Gasteiger partial charge in [0.25, 0.3) is 0 Å². The number of carbonyl (C=O) groups is 1. The fraction of sp³-hybridized carbons (Fsp3) is 0.500. The van der Waals surface area contributed by atoms with E-state index in [1.54, 1.807) is 17.8 Å². The van der Waals surface area contributed by atoms with Crippen molar-refractivity contribution in [2.24, 2.45) is 4.99 Å². The molecule has 1 aromatic heterocycles. The molecule has 0 unspecified atom stereocenters. The number of aromatic nitrogens is 2. The highest BCUT2D eigenvalue weighted by Gasteiger charge is 2.55. The second kappa shape index (κ2) is 9.37. The molecule has 0 bridgehead atoms. The number of benzene rings is 1. The Kier molecular flexibility index (Phi) is 6.56. The lowest BCUT2D eigenvalue weighted by Gasteiger charge is -2.22. The van der Waals surface area contributed by atoms with Crippen molar-refractivity contribution in [2.45, 2.75) is 57.6 Å². The van der Waals surface area contributed by atoms with E-state index in [2.05, 4.69) is 15.3 Å². The number of rotatable bonds is 8. The van der Waals surface area contributed by atoms with E-state index < -0.39 is 36.3 Å². The van der Waals surface area contributed by atoms with Crippen molar-refractivity contribution in [3.63, 3.8) is 0 Å². The maximum absolute atomic E-state index is 12.4. The van der Waals surface area contributed by atoms with Crippen molar-refractivity contribution >= 4 is 18.1 Å². The minimum Gasteiger partial charge on any atom is -0.461 e. The molecule has 0 amide bonds. The SMILES string of the molecule is CCOC(=O)c1ncn(Cc2ccccc2)c1N/C=N\[C@H]1O[C@@H](CO)[C@@H]2OC(C)(C)O[C@@H]21. The smallest absolute Gasteiger partial charge is 0.360 e. The molecule has 2 saturated heterocycles. The molecule has 10 nitrogen and oxygen atoms in total. The monoisotopic (exact) mass is 444 g/mol. The molecule has 1 aromatic carbocycles. The van der Waals surface area contributed by atoms with Crippen LogP contribution < -0.4 is 5.32 Å². The van der Waals surface area contributed by atoms with E-state index in [0.29, 0.717) is 12.4 Å². The Hall–Kier alpha value is -2.79. The number of ether oxygens (including phenoxy) is 4. The minimum atomic E-state index is -0.779. The summed E-state index contributed by atoms with van der Waals surface area (Å²) in [5.41, 5.74) is 1.21. The van der Waals surface area contributed by atoms with Gasteiger partial charge in [0.05, 0.1) is 32.4 Å². The first-order valence-electron chi connectivity index (χ1n) is 10.6. The standard InChI is InChI=1S/C22H28N4O6/c1-4-29-21(28)16-19(26(13-25-16)10-14-8-6-5-7-9-14)23-12-24-20-18-17(15(11-27)30-20)31-22(2,3)32-18/h5-9,12-13,15,17-18,20,27H,4,10-11H2,1-3H3,(H,23,24)/t15-,17-,18-,20-/m0/s1. The van der Waals surface area contributed by atoms with Gasteiger partial charge in [-0.15, -0.1) is 0 Å². The lowest BCUT2D eigenvalue weighted by Crippen LogP contribution is -2.31. The summed E-state index contributed by atoms with van der Waals surface area (Å²) in [5, 5.41) is 12.7. The number of aliphatic hydroxyl groups excluding tert-OH is 1. The predicted molar refractivity (Wildman–Crippen MR) is 115 cm³/mol. The number of imidazole rings is 1. The molecule has 2 N–H and O–H groups in total. The van der Waals surface area contributed by atoms with Crippen LogP contribution >= 0.6 is 0 Å². The predicted octanol–water partition coefficient (Wildman–Crippen LogP) is 1.79.